The van der Waals surface area contributed by atoms with Crippen LogP contribution in [0.4, 0.5) is 0 Å². The molecule has 0 bridgehead atoms. The Balaban J connectivity index is 4.22. The minimum Gasteiger partial charge on any atom is -0.480 e. The molecule has 0 aliphatic carbocycles. The van der Waals surface area contributed by atoms with Crippen molar-refractivity contribution in [2.24, 2.45) is 5.11 Å². The smallest absolute Gasteiger partial charge is 0.349 e. The summed E-state index contributed by atoms with van der Waals surface area (Å²) in [7, 11) is 0. The third kappa shape index (κ3) is 2.86. The van der Waals surface area contributed by atoms with Crippen LogP contribution in [0.15, 0.2) is 5.11 Å². The first-order valence-electron chi connectivity index (χ1n) is 2.89. The van der Waals surface area contributed by atoms with Crippen molar-refractivity contribution in [3.8, 4) is 0 Å². The van der Waals surface area contributed by atoms with Crippen LogP contribution in [-0.2, 0) is 9.59 Å². The van der Waals surface area contributed by atoms with Crippen LogP contribution in [0.25, 0.3) is 0 Å². The summed E-state index contributed by atoms with van der Waals surface area (Å²) in [6.45, 7) is 0. The second-order valence-corrected chi connectivity index (χ2v) is 1.97. The summed E-state index contributed by atoms with van der Waals surface area (Å²) in [6, 6.07) is -1.46. The number of nitrogens with zero attached hydrogens (tertiary/aromatic N) is 1. The number of carboxylic acids is 2. The SMILES string of the molecule is N=NC(CC(=N)C(=O)O)C(=O)O. The van der Waals surface area contributed by atoms with Gasteiger partial charge in [-0.1, -0.05) is 0 Å². The van der Waals surface area contributed by atoms with Gasteiger partial charge in [0.15, 0.2) is 6.04 Å². The monoisotopic (exact) mass is 173 g/mol. The van der Waals surface area contributed by atoms with E-state index in [1.165, 1.54) is 0 Å². The lowest BCUT2D eigenvalue weighted by Crippen LogP contribution is -2.24. The molecule has 7 nitrogen and oxygen atoms in total. The van der Waals surface area contributed by atoms with Gasteiger partial charge in [0.05, 0.1) is 0 Å². The molecule has 0 rings (SSSR count). The van der Waals surface area contributed by atoms with Crippen molar-refractivity contribution < 1.29 is 19.8 Å². The van der Waals surface area contributed by atoms with Gasteiger partial charge < -0.3 is 10.2 Å². The Labute approximate surface area is 67.0 Å². The van der Waals surface area contributed by atoms with E-state index in [4.69, 9.17) is 21.2 Å². The molecule has 12 heavy (non-hydrogen) atoms. The summed E-state index contributed by atoms with van der Waals surface area (Å²) >= 11 is 0. The lowest BCUT2D eigenvalue weighted by Gasteiger charge is -2.02. The molecule has 1 unspecified atom stereocenters. The lowest BCUT2D eigenvalue weighted by atomic mass is 10.1. The zero-order valence-electron chi connectivity index (χ0n) is 5.94. The van der Waals surface area contributed by atoms with E-state index in [0.29, 0.717) is 0 Å². The fraction of sp³-hybridized carbons (Fsp3) is 0.400. The average molecular weight is 173 g/mol. The zero-order chi connectivity index (χ0) is 9.72. The summed E-state index contributed by atoms with van der Waals surface area (Å²) in [5, 5.41) is 25.9. The Morgan fingerprint density at radius 3 is 2.17 bits per heavy atom. The molecule has 0 aliphatic rings. The van der Waals surface area contributed by atoms with E-state index in [2.05, 4.69) is 5.11 Å². The van der Waals surface area contributed by atoms with Crippen LogP contribution < -0.4 is 0 Å². The molecule has 0 amide bonds. The number of nitrogens with one attached hydrogen (secondary N) is 2. The maximum Gasteiger partial charge on any atom is 0.349 e. The first-order valence-corrected chi connectivity index (χ1v) is 2.89. The van der Waals surface area contributed by atoms with Gasteiger partial charge in [0.1, 0.15) is 5.71 Å². The Kier molecular flexibility index (Phi) is 3.54. The average Bonchev–Trinajstić information content (AvgIpc) is 1.98. The molecule has 7 heteroatoms. The minimum atomic E-state index is -1.50. The lowest BCUT2D eigenvalue weighted by molar-refractivity contribution is -0.138. The van der Waals surface area contributed by atoms with E-state index in [1.807, 2.05) is 0 Å². The van der Waals surface area contributed by atoms with Crippen molar-refractivity contribution in [3.05, 3.63) is 0 Å². The molecule has 1 atom stereocenters. The molecule has 0 fully saturated rings. The molecule has 0 aromatic heterocycles. The molecule has 4 N–H and O–H groups in total. The zero-order valence-corrected chi connectivity index (χ0v) is 5.94. The Bertz CT molecular complexity index is 237. The molecule has 0 heterocycles. The maximum absolute atomic E-state index is 10.2. The third-order valence-corrected chi connectivity index (χ3v) is 1.10. The van der Waals surface area contributed by atoms with Crippen LogP contribution in [0.5, 0.6) is 0 Å². The first kappa shape index (κ1) is 10.2. The highest BCUT2D eigenvalue weighted by Crippen LogP contribution is 1.99. The topological polar surface area (TPSA) is 135 Å². The maximum atomic E-state index is 10.2. The van der Waals surface area contributed by atoms with Gasteiger partial charge in [-0.2, -0.15) is 5.11 Å². The van der Waals surface area contributed by atoms with Crippen molar-refractivity contribution >= 4 is 17.7 Å². The van der Waals surface area contributed by atoms with Crippen LogP contribution in [-0.4, -0.2) is 33.9 Å². The summed E-state index contributed by atoms with van der Waals surface area (Å²) in [4.78, 5) is 20.2. The van der Waals surface area contributed by atoms with Crippen molar-refractivity contribution in [1.82, 2.24) is 0 Å². The van der Waals surface area contributed by atoms with E-state index >= 15 is 0 Å². The van der Waals surface area contributed by atoms with E-state index in [9.17, 15) is 9.59 Å². The summed E-state index contributed by atoms with van der Waals surface area (Å²) in [6.07, 6.45) is -0.561. The van der Waals surface area contributed by atoms with Gasteiger partial charge in [0.25, 0.3) is 0 Å². The predicted molar refractivity (Wildman–Crippen MR) is 36.6 cm³/mol. The number of carbonyl (C=O) groups is 2. The highest BCUT2D eigenvalue weighted by Gasteiger charge is 2.21. The fourth-order valence-electron chi connectivity index (χ4n) is 0.469. The van der Waals surface area contributed by atoms with Crippen LogP contribution in [0.1, 0.15) is 6.42 Å². The molecule has 0 aliphatic heterocycles. The van der Waals surface area contributed by atoms with E-state index in [1.54, 1.807) is 0 Å². The molecule has 66 valence electrons. The molecular weight excluding hydrogens is 166 g/mol. The van der Waals surface area contributed by atoms with E-state index in [-0.39, 0.29) is 0 Å². The minimum absolute atomic E-state index is 0.561. The van der Waals surface area contributed by atoms with Gasteiger partial charge in [0.2, 0.25) is 0 Å². The third-order valence-electron chi connectivity index (χ3n) is 1.10. The quantitative estimate of drug-likeness (QED) is 0.342. The molecule has 0 aromatic rings. The highest BCUT2D eigenvalue weighted by molar-refractivity contribution is 6.34. The number of rotatable bonds is 5. The molecular formula is C5H7N3O4. The molecule has 0 saturated heterocycles. The van der Waals surface area contributed by atoms with E-state index in [0.717, 1.165) is 0 Å². The van der Waals surface area contributed by atoms with Crippen LogP contribution in [0.2, 0.25) is 0 Å². The van der Waals surface area contributed by atoms with Gasteiger partial charge in [0, 0.05) is 6.42 Å². The fourth-order valence-corrected chi connectivity index (χ4v) is 0.469. The highest BCUT2D eigenvalue weighted by atomic mass is 16.4. The van der Waals surface area contributed by atoms with Crippen molar-refractivity contribution in [1.29, 1.82) is 10.9 Å². The number of hydrogen-bond acceptors (Lipinski definition) is 5. The van der Waals surface area contributed by atoms with Crippen LogP contribution >= 0.6 is 0 Å². The van der Waals surface area contributed by atoms with Gasteiger partial charge >= 0.3 is 11.9 Å². The van der Waals surface area contributed by atoms with Gasteiger partial charge in [-0.3, -0.25) is 5.41 Å². The predicted octanol–water partition coefficient (Wildman–Crippen LogP) is -0.0350. The molecule has 0 spiro atoms. The molecule has 0 aromatic carbocycles. The Morgan fingerprint density at radius 2 is 1.92 bits per heavy atom. The normalized spacial score (nSPS) is 11.7. The number of hydrogen-bond donors (Lipinski definition) is 4. The van der Waals surface area contributed by atoms with Gasteiger partial charge in [-0.05, 0) is 0 Å². The standard InChI is InChI=1S/C5H7N3O4/c6-2(4(9)10)1-3(8-7)5(11)12/h3,6-7H,1H2,(H,9,10)(H,11,12). The van der Waals surface area contributed by atoms with Crippen LogP contribution in [0.3, 0.4) is 0 Å². The first-order chi connectivity index (χ1) is 5.49. The largest absolute Gasteiger partial charge is 0.480 e. The van der Waals surface area contributed by atoms with Gasteiger partial charge in [-0.25, -0.2) is 15.1 Å². The summed E-state index contributed by atoms with van der Waals surface area (Å²) in [5.74, 6) is -2.90. The van der Waals surface area contributed by atoms with Crippen molar-refractivity contribution in [2.45, 2.75) is 12.5 Å². The van der Waals surface area contributed by atoms with E-state index < -0.39 is 30.1 Å². The number of aliphatic carboxylic acids is 2. The van der Waals surface area contributed by atoms with Crippen LogP contribution in [0, 0.1) is 10.9 Å². The summed E-state index contributed by atoms with van der Waals surface area (Å²) in [5.41, 5.74) is 5.61. The Hall–Kier alpha value is -1.79. The second-order valence-electron chi connectivity index (χ2n) is 1.97. The second kappa shape index (κ2) is 4.16. The van der Waals surface area contributed by atoms with Gasteiger partial charge in [-0.15, -0.1) is 0 Å². The molecule has 0 radical (unpaired) electrons. The van der Waals surface area contributed by atoms with Crippen molar-refractivity contribution in [3.63, 3.8) is 0 Å². The summed E-state index contributed by atoms with van der Waals surface area (Å²) < 4.78 is 0. The number of carboxylic acid groups (broad SMARTS) is 2. The molecule has 0 saturated carbocycles. The Morgan fingerprint density at radius 1 is 1.42 bits per heavy atom. The van der Waals surface area contributed by atoms with Crippen molar-refractivity contribution in [2.75, 3.05) is 0 Å².